The summed E-state index contributed by atoms with van der Waals surface area (Å²) in [5.74, 6) is 1.12. The number of hydrogen-bond donors (Lipinski definition) is 2. The molecule has 0 aliphatic heterocycles. The summed E-state index contributed by atoms with van der Waals surface area (Å²) in [5.41, 5.74) is 5.63. The maximum atomic E-state index is 12.2. The van der Waals surface area contributed by atoms with E-state index in [-0.39, 0.29) is 23.1 Å². The van der Waals surface area contributed by atoms with Crippen molar-refractivity contribution in [2.24, 2.45) is 7.05 Å². The summed E-state index contributed by atoms with van der Waals surface area (Å²) < 4.78 is 2.57. The fourth-order valence-electron chi connectivity index (χ4n) is 2.03. The Hall–Kier alpha value is -1.37. The van der Waals surface area contributed by atoms with Crippen LogP contribution in [0.15, 0.2) is 9.59 Å². The van der Waals surface area contributed by atoms with Crippen molar-refractivity contribution in [3.63, 3.8) is 0 Å². The van der Waals surface area contributed by atoms with Gasteiger partial charge in [0.2, 0.25) is 0 Å². The van der Waals surface area contributed by atoms with Crippen molar-refractivity contribution in [1.82, 2.24) is 9.13 Å². The van der Waals surface area contributed by atoms with Gasteiger partial charge in [0, 0.05) is 25.4 Å². The first-order valence-corrected chi connectivity index (χ1v) is 8.21. The van der Waals surface area contributed by atoms with Crippen molar-refractivity contribution in [3.8, 4) is 0 Å². The maximum absolute atomic E-state index is 12.2. The molecule has 0 spiro atoms. The molecule has 0 amide bonds. The van der Waals surface area contributed by atoms with E-state index < -0.39 is 0 Å². The Labute approximate surface area is 123 Å². The summed E-state index contributed by atoms with van der Waals surface area (Å²) in [4.78, 5) is 24.3. The summed E-state index contributed by atoms with van der Waals surface area (Å²) in [5, 5.41) is 3.19. The van der Waals surface area contributed by atoms with Crippen LogP contribution in [-0.2, 0) is 13.6 Å². The van der Waals surface area contributed by atoms with Crippen LogP contribution in [0.5, 0.6) is 0 Å². The van der Waals surface area contributed by atoms with Gasteiger partial charge in [-0.15, -0.1) is 0 Å². The van der Waals surface area contributed by atoms with Crippen molar-refractivity contribution in [1.29, 1.82) is 0 Å². The molecule has 1 unspecified atom stereocenters. The Morgan fingerprint density at radius 2 is 2.00 bits per heavy atom. The summed E-state index contributed by atoms with van der Waals surface area (Å²) >= 11 is 1.71. The Bertz CT molecular complexity index is 565. The molecule has 0 saturated heterocycles. The van der Waals surface area contributed by atoms with Crippen molar-refractivity contribution < 1.29 is 0 Å². The van der Waals surface area contributed by atoms with E-state index in [1.54, 1.807) is 11.8 Å². The second kappa shape index (κ2) is 7.42. The molecule has 0 radical (unpaired) electrons. The molecule has 1 atom stereocenters. The molecule has 1 aromatic rings. The van der Waals surface area contributed by atoms with Gasteiger partial charge in [0.1, 0.15) is 11.5 Å². The van der Waals surface area contributed by atoms with Gasteiger partial charge in [-0.05, 0) is 19.1 Å². The molecule has 0 aliphatic carbocycles. The van der Waals surface area contributed by atoms with Crippen LogP contribution in [0.25, 0.3) is 0 Å². The molecule has 0 bridgehead atoms. The standard InChI is InChI=1S/C13H24N4O2S/c1-5-7-17-11(14)10(12(18)16(3)13(17)19)15-9(6-2)8-20-4/h9,15H,5-8,14H2,1-4H3. The van der Waals surface area contributed by atoms with E-state index in [4.69, 9.17) is 5.73 Å². The molecule has 6 nitrogen and oxygen atoms in total. The second-order valence-electron chi connectivity index (χ2n) is 4.76. The number of thioether (sulfide) groups is 1. The summed E-state index contributed by atoms with van der Waals surface area (Å²) in [6, 6.07) is 0.160. The van der Waals surface area contributed by atoms with Gasteiger partial charge in [-0.25, -0.2) is 4.79 Å². The van der Waals surface area contributed by atoms with Crippen molar-refractivity contribution in [2.75, 3.05) is 23.1 Å². The zero-order valence-corrected chi connectivity index (χ0v) is 13.4. The molecule has 3 N–H and O–H groups in total. The zero-order valence-electron chi connectivity index (χ0n) is 12.6. The fraction of sp³-hybridized carbons (Fsp3) is 0.692. The SMILES string of the molecule is CCCn1c(N)c(NC(CC)CSC)c(=O)n(C)c1=O. The monoisotopic (exact) mass is 300 g/mol. The summed E-state index contributed by atoms with van der Waals surface area (Å²) in [6.45, 7) is 4.52. The summed E-state index contributed by atoms with van der Waals surface area (Å²) in [7, 11) is 1.48. The van der Waals surface area contributed by atoms with Gasteiger partial charge in [0.05, 0.1) is 0 Å². The molecule has 114 valence electrons. The molecule has 7 heteroatoms. The molecule has 1 heterocycles. The van der Waals surface area contributed by atoms with E-state index in [1.807, 2.05) is 13.2 Å². The molecule has 0 saturated carbocycles. The highest BCUT2D eigenvalue weighted by Gasteiger charge is 2.17. The van der Waals surface area contributed by atoms with E-state index in [9.17, 15) is 9.59 Å². The van der Waals surface area contributed by atoms with E-state index >= 15 is 0 Å². The number of nitrogens with two attached hydrogens (primary N) is 1. The number of nitrogens with one attached hydrogen (secondary N) is 1. The molecular formula is C13H24N4O2S. The molecule has 1 aromatic heterocycles. The second-order valence-corrected chi connectivity index (χ2v) is 5.67. The average Bonchev–Trinajstić information content (AvgIpc) is 2.44. The van der Waals surface area contributed by atoms with Gasteiger partial charge < -0.3 is 11.1 Å². The predicted molar refractivity (Wildman–Crippen MR) is 86.7 cm³/mol. The Morgan fingerprint density at radius 1 is 1.35 bits per heavy atom. The minimum absolute atomic E-state index is 0.160. The fourth-order valence-corrected chi connectivity index (χ4v) is 2.75. The van der Waals surface area contributed by atoms with Crippen LogP contribution in [-0.4, -0.2) is 27.2 Å². The molecule has 1 rings (SSSR count). The third-order valence-electron chi connectivity index (χ3n) is 3.24. The van der Waals surface area contributed by atoms with Crippen LogP contribution >= 0.6 is 11.8 Å². The smallest absolute Gasteiger partial charge is 0.332 e. The minimum Gasteiger partial charge on any atom is -0.383 e. The maximum Gasteiger partial charge on any atom is 0.332 e. The van der Waals surface area contributed by atoms with Crippen LogP contribution in [0.4, 0.5) is 11.5 Å². The lowest BCUT2D eigenvalue weighted by Crippen LogP contribution is -2.42. The van der Waals surface area contributed by atoms with Gasteiger partial charge in [0.15, 0.2) is 0 Å². The van der Waals surface area contributed by atoms with E-state index in [0.29, 0.717) is 12.2 Å². The lowest BCUT2D eigenvalue weighted by atomic mass is 10.2. The molecule has 20 heavy (non-hydrogen) atoms. The van der Waals surface area contributed by atoms with Crippen LogP contribution in [0.2, 0.25) is 0 Å². The first-order chi connectivity index (χ1) is 9.47. The molecule has 0 aliphatic rings. The van der Waals surface area contributed by atoms with Gasteiger partial charge in [-0.3, -0.25) is 13.9 Å². The third kappa shape index (κ3) is 3.39. The van der Waals surface area contributed by atoms with Crippen LogP contribution in [0.1, 0.15) is 26.7 Å². The minimum atomic E-state index is -0.363. The highest BCUT2D eigenvalue weighted by atomic mass is 32.2. The number of anilines is 2. The van der Waals surface area contributed by atoms with E-state index in [0.717, 1.165) is 23.2 Å². The molecule has 0 fully saturated rings. The molecule has 0 aromatic carbocycles. The number of nitrogen functional groups attached to an aromatic ring is 1. The van der Waals surface area contributed by atoms with Crippen molar-refractivity contribution >= 4 is 23.3 Å². The number of hydrogen-bond acceptors (Lipinski definition) is 5. The largest absolute Gasteiger partial charge is 0.383 e. The highest BCUT2D eigenvalue weighted by molar-refractivity contribution is 7.98. The first-order valence-electron chi connectivity index (χ1n) is 6.82. The average molecular weight is 300 g/mol. The Kier molecular flexibility index (Phi) is 6.19. The van der Waals surface area contributed by atoms with E-state index in [1.165, 1.54) is 11.6 Å². The highest BCUT2D eigenvalue weighted by Crippen LogP contribution is 2.15. The van der Waals surface area contributed by atoms with Crippen molar-refractivity contribution in [3.05, 3.63) is 20.8 Å². The lowest BCUT2D eigenvalue weighted by Gasteiger charge is -2.20. The Balaban J connectivity index is 3.32. The van der Waals surface area contributed by atoms with Crippen LogP contribution in [0, 0.1) is 0 Å². The molecular weight excluding hydrogens is 276 g/mol. The van der Waals surface area contributed by atoms with E-state index in [2.05, 4.69) is 12.2 Å². The van der Waals surface area contributed by atoms with Gasteiger partial charge >= 0.3 is 5.69 Å². The number of rotatable bonds is 7. The van der Waals surface area contributed by atoms with Gasteiger partial charge in [-0.1, -0.05) is 13.8 Å². The predicted octanol–water partition coefficient (Wildman–Crippen LogP) is 1.09. The lowest BCUT2D eigenvalue weighted by molar-refractivity contribution is 0.598. The van der Waals surface area contributed by atoms with Crippen LogP contribution in [0.3, 0.4) is 0 Å². The zero-order chi connectivity index (χ0) is 15.3. The normalized spacial score (nSPS) is 12.4. The van der Waals surface area contributed by atoms with Gasteiger partial charge in [-0.2, -0.15) is 11.8 Å². The Morgan fingerprint density at radius 3 is 2.50 bits per heavy atom. The first kappa shape index (κ1) is 16.7. The number of nitrogens with zero attached hydrogens (tertiary/aromatic N) is 2. The quantitative estimate of drug-likeness (QED) is 0.788. The van der Waals surface area contributed by atoms with Crippen LogP contribution < -0.4 is 22.3 Å². The third-order valence-corrected chi connectivity index (χ3v) is 3.98. The summed E-state index contributed by atoms with van der Waals surface area (Å²) in [6.07, 6.45) is 3.68. The number of aromatic nitrogens is 2. The van der Waals surface area contributed by atoms with Crippen molar-refractivity contribution in [2.45, 2.75) is 39.3 Å². The van der Waals surface area contributed by atoms with Gasteiger partial charge in [0.25, 0.3) is 5.56 Å². The topological polar surface area (TPSA) is 82.0 Å².